The molecule has 1 nitrogen and oxygen atoms in total. The largest absolute Gasteiger partial charge is 0.311 e. The van der Waals surface area contributed by atoms with Gasteiger partial charge in [-0.15, -0.1) is 0 Å². The van der Waals surface area contributed by atoms with E-state index in [0.29, 0.717) is 11.3 Å². The van der Waals surface area contributed by atoms with E-state index in [0.717, 1.165) is 6.54 Å². The molecule has 0 bridgehead atoms. The Labute approximate surface area is 85.3 Å². The SMILES string of the molecule is CC1(C)CCCCC1CNCC(F)F. The molecular formula is C11H21F2N. The molecule has 1 N–H and O–H groups in total. The molecule has 1 fully saturated rings. The van der Waals surface area contributed by atoms with Crippen molar-refractivity contribution in [3.8, 4) is 0 Å². The molecule has 0 aromatic carbocycles. The third-order valence-electron chi connectivity index (χ3n) is 3.42. The van der Waals surface area contributed by atoms with Crippen LogP contribution in [0.15, 0.2) is 0 Å². The predicted octanol–water partition coefficient (Wildman–Crippen LogP) is 3.06. The zero-order chi connectivity index (χ0) is 10.6. The van der Waals surface area contributed by atoms with E-state index in [-0.39, 0.29) is 6.54 Å². The van der Waals surface area contributed by atoms with Crippen molar-refractivity contribution >= 4 is 0 Å². The van der Waals surface area contributed by atoms with E-state index in [4.69, 9.17) is 0 Å². The molecule has 0 aromatic rings. The summed E-state index contributed by atoms with van der Waals surface area (Å²) in [5.74, 6) is 0.565. The van der Waals surface area contributed by atoms with Crippen LogP contribution >= 0.6 is 0 Å². The van der Waals surface area contributed by atoms with Crippen molar-refractivity contribution in [2.75, 3.05) is 13.1 Å². The highest BCUT2D eigenvalue weighted by atomic mass is 19.3. The Kier molecular flexibility index (Phi) is 4.30. The second-order valence-electron chi connectivity index (χ2n) is 4.98. The van der Waals surface area contributed by atoms with Crippen molar-refractivity contribution in [1.29, 1.82) is 0 Å². The van der Waals surface area contributed by atoms with E-state index >= 15 is 0 Å². The first-order valence-corrected chi connectivity index (χ1v) is 5.51. The summed E-state index contributed by atoms with van der Waals surface area (Å²) in [6.45, 7) is 5.09. The summed E-state index contributed by atoms with van der Waals surface area (Å²) in [5, 5.41) is 2.86. The molecule has 14 heavy (non-hydrogen) atoms. The Morgan fingerprint density at radius 1 is 1.36 bits per heavy atom. The molecule has 1 aliphatic rings. The molecule has 84 valence electrons. The average molecular weight is 205 g/mol. The third-order valence-corrected chi connectivity index (χ3v) is 3.42. The molecule has 0 saturated heterocycles. The summed E-state index contributed by atoms with van der Waals surface area (Å²) < 4.78 is 23.8. The van der Waals surface area contributed by atoms with Crippen molar-refractivity contribution in [1.82, 2.24) is 5.32 Å². The van der Waals surface area contributed by atoms with Gasteiger partial charge in [-0.2, -0.15) is 0 Å². The topological polar surface area (TPSA) is 12.0 Å². The minimum Gasteiger partial charge on any atom is -0.311 e. The van der Waals surface area contributed by atoms with E-state index < -0.39 is 6.43 Å². The van der Waals surface area contributed by atoms with Crippen LogP contribution in [-0.2, 0) is 0 Å². The summed E-state index contributed by atoms with van der Waals surface area (Å²) in [6, 6.07) is 0. The van der Waals surface area contributed by atoms with Gasteiger partial charge in [-0.25, -0.2) is 8.78 Å². The third kappa shape index (κ3) is 3.52. The van der Waals surface area contributed by atoms with Crippen LogP contribution in [0.25, 0.3) is 0 Å². The number of alkyl halides is 2. The van der Waals surface area contributed by atoms with Crippen LogP contribution in [0.1, 0.15) is 39.5 Å². The van der Waals surface area contributed by atoms with Crippen molar-refractivity contribution in [3.05, 3.63) is 0 Å². The molecule has 1 unspecified atom stereocenters. The number of hydrogen-bond acceptors (Lipinski definition) is 1. The Bertz CT molecular complexity index is 169. The summed E-state index contributed by atoms with van der Waals surface area (Å²) in [6.07, 6.45) is 2.74. The van der Waals surface area contributed by atoms with Gasteiger partial charge in [0, 0.05) is 0 Å². The van der Waals surface area contributed by atoms with Gasteiger partial charge in [0.15, 0.2) is 0 Å². The smallest absolute Gasteiger partial charge is 0.250 e. The van der Waals surface area contributed by atoms with Crippen LogP contribution in [0.3, 0.4) is 0 Å². The van der Waals surface area contributed by atoms with Crippen LogP contribution in [-0.4, -0.2) is 19.5 Å². The molecular weight excluding hydrogens is 184 g/mol. The van der Waals surface area contributed by atoms with Crippen molar-refractivity contribution in [3.63, 3.8) is 0 Å². The van der Waals surface area contributed by atoms with Gasteiger partial charge >= 0.3 is 0 Å². The summed E-state index contributed by atoms with van der Waals surface area (Å²) in [4.78, 5) is 0. The van der Waals surface area contributed by atoms with E-state index in [1.165, 1.54) is 25.7 Å². The van der Waals surface area contributed by atoms with Gasteiger partial charge < -0.3 is 5.32 Å². The monoisotopic (exact) mass is 205 g/mol. The highest BCUT2D eigenvalue weighted by Gasteiger charge is 2.31. The maximum absolute atomic E-state index is 11.9. The second kappa shape index (κ2) is 5.06. The quantitative estimate of drug-likeness (QED) is 0.743. The molecule has 3 heteroatoms. The van der Waals surface area contributed by atoms with Gasteiger partial charge in [0.1, 0.15) is 0 Å². The van der Waals surface area contributed by atoms with Gasteiger partial charge in [0.25, 0.3) is 6.43 Å². The number of hydrogen-bond donors (Lipinski definition) is 1. The standard InChI is InChI=1S/C11H21F2N/c1-11(2)6-4-3-5-9(11)7-14-8-10(12)13/h9-10,14H,3-8H2,1-2H3. The van der Waals surface area contributed by atoms with Crippen molar-refractivity contribution in [2.24, 2.45) is 11.3 Å². The molecule has 0 radical (unpaired) electrons. The molecule has 0 spiro atoms. The van der Waals surface area contributed by atoms with E-state index in [9.17, 15) is 8.78 Å². The Morgan fingerprint density at radius 3 is 2.64 bits per heavy atom. The lowest BCUT2D eigenvalue weighted by Crippen LogP contribution is -2.37. The molecule has 1 aliphatic carbocycles. The van der Waals surface area contributed by atoms with Crippen LogP contribution in [0.4, 0.5) is 8.78 Å². The highest BCUT2D eigenvalue weighted by molar-refractivity contribution is 4.83. The maximum atomic E-state index is 11.9. The summed E-state index contributed by atoms with van der Waals surface area (Å²) >= 11 is 0. The molecule has 1 saturated carbocycles. The van der Waals surface area contributed by atoms with Gasteiger partial charge in [0.05, 0.1) is 6.54 Å². The Balaban J connectivity index is 2.27. The molecule has 0 amide bonds. The first-order valence-electron chi connectivity index (χ1n) is 5.51. The first-order chi connectivity index (χ1) is 6.52. The summed E-state index contributed by atoms with van der Waals surface area (Å²) in [7, 11) is 0. The predicted molar refractivity (Wildman–Crippen MR) is 54.6 cm³/mol. The van der Waals surface area contributed by atoms with E-state index in [1.807, 2.05) is 0 Å². The maximum Gasteiger partial charge on any atom is 0.250 e. The minimum absolute atomic E-state index is 0.160. The van der Waals surface area contributed by atoms with Gasteiger partial charge in [-0.1, -0.05) is 26.7 Å². The Morgan fingerprint density at radius 2 is 2.07 bits per heavy atom. The Hall–Kier alpha value is -0.180. The first kappa shape index (κ1) is 11.9. The van der Waals surface area contributed by atoms with Gasteiger partial charge in [0.2, 0.25) is 0 Å². The number of nitrogens with one attached hydrogen (secondary N) is 1. The highest BCUT2D eigenvalue weighted by Crippen LogP contribution is 2.39. The lowest BCUT2D eigenvalue weighted by Gasteiger charge is -2.38. The fourth-order valence-electron chi connectivity index (χ4n) is 2.31. The van der Waals surface area contributed by atoms with Crippen LogP contribution in [0, 0.1) is 11.3 Å². The van der Waals surface area contributed by atoms with Crippen LogP contribution in [0.5, 0.6) is 0 Å². The molecule has 0 heterocycles. The van der Waals surface area contributed by atoms with Gasteiger partial charge in [-0.05, 0) is 30.7 Å². The van der Waals surface area contributed by atoms with Gasteiger partial charge in [-0.3, -0.25) is 0 Å². The number of halogens is 2. The van der Waals surface area contributed by atoms with E-state index in [2.05, 4.69) is 19.2 Å². The zero-order valence-electron chi connectivity index (χ0n) is 9.15. The molecule has 0 aromatic heterocycles. The van der Waals surface area contributed by atoms with Crippen molar-refractivity contribution in [2.45, 2.75) is 46.0 Å². The number of rotatable bonds is 4. The van der Waals surface area contributed by atoms with E-state index in [1.54, 1.807) is 0 Å². The molecule has 1 rings (SSSR count). The van der Waals surface area contributed by atoms with Crippen LogP contribution < -0.4 is 5.32 Å². The lowest BCUT2D eigenvalue weighted by atomic mass is 9.69. The van der Waals surface area contributed by atoms with Crippen molar-refractivity contribution < 1.29 is 8.78 Å². The fraction of sp³-hybridized carbons (Fsp3) is 1.00. The normalized spacial score (nSPS) is 26.8. The minimum atomic E-state index is -2.22. The second-order valence-corrected chi connectivity index (χ2v) is 4.98. The zero-order valence-corrected chi connectivity index (χ0v) is 9.15. The molecule has 1 atom stereocenters. The average Bonchev–Trinajstić information content (AvgIpc) is 2.07. The van der Waals surface area contributed by atoms with Crippen LogP contribution in [0.2, 0.25) is 0 Å². The molecule has 0 aliphatic heterocycles. The lowest BCUT2D eigenvalue weighted by molar-refractivity contribution is 0.114. The summed E-state index contributed by atoms with van der Waals surface area (Å²) in [5.41, 5.74) is 0.327. The fourth-order valence-corrected chi connectivity index (χ4v) is 2.31.